The zero-order valence-corrected chi connectivity index (χ0v) is 10.9. The van der Waals surface area contributed by atoms with Crippen LogP contribution < -0.4 is 21.1 Å². The molecule has 116 valence electrons. The second-order valence-corrected chi connectivity index (χ2v) is 3.91. The van der Waals surface area contributed by atoms with E-state index in [4.69, 9.17) is 5.73 Å². The summed E-state index contributed by atoms with van der Waals surface area (Å²) in [6, 6.07) is 5.43. The minimum atomic E-state index is -4.81. The summed E-state index contributed by atoms with van der Waals surface area (Å²) < 4.78 is 40.4. The zero-order chi connectivity index (χ0) is 15.9. The van der Waals surface area contributed by atoms with Gasteiger partial charge >= 0.3 is 6.36 Å². The quantitative estimate of drug-likeness (QED) is 0.703. The lowest BCUT2D eigenvalue weighted by Gasteiger charge is -2.13. The van der Waals surface area contributed by atoms with Gasteiger partial charge in [0.15, 0.2) is 0 Å². The van der Waals surface area contributed by atoms with Gasteiger partial charge in [0.2, 0.25) is 11.8 Å². The molecule has 2 amide bonds. The van der Waals surface area contributed by atoms with Crippen molar-refractivity contribution in [1.29, 1.82) is 0 Å². The molecule has 1 aromatic rings. The van der Waals surface area contributed by atoms with E-state index in [2.05, 4.69) is 15.4 Å². The van der Waals surface area contributed by atoms with E-state index >= 15 is 0 Å². The average molecular weight is 305 g/mol. The van der Waals surface area contributed by atoms with Crippen LogP contribution in [0.3, 0.4) is 0 Å². The van der Waals surface area contributed by atoms with Gasteiger partial charge in [-0.3, -0.25) is 9.59 Å². The van der Waals surface area contributed by atoms with Crippen molar-refractivity contribution in [3.8, 4) is 5.75 Å². The maximum atomic E-state index is 12.2. The highest BCUT2D eigenvalue weighted by molar-refractivity contribution is 5.85. The number of halogens is 3. The Morgan fingerprint density at radius 3 is 2.43 bits per heavy atom. The van der Waals surface area contributed by atoms with Crippen LogP contribution in [0.2, 0.25) is 0 Å². The predicted molar refractivity (Wildman–Crippen MR) is 67.0 cm³/mol. The van der Waals surface area contributed by atoms with E-state index in [0.29, 0.717) is 0 Å². The van der Waals surface area contributed by atoms with E-state index in [9.17, 15) is 22.8 Å². The van der Waals surface area contributed by atoms with Crippen molar-refractivity contribution in [2.24, 2.45) is 5.73 Å². The summed E-state index contributed by atoms with van der Waals surface area (Å²) in [4.78, 5) is 22.2. The van der Waals surface area contributed by atoms with Gasteiger partial charge < -0.3 is 21.1 Å². The van der Waals surface area contributed by atoms with E-state index in [-0.39, 0.29) is 25.2 Å². The van der Waals surface area contributed by atoms with Crippen LogP contribution in [0.15, 0.2) is 24.3 Å². The van der Waals surface area contributed by atoms with Crippen LogP contribution in [-0.4, -0.2) is 31.3 Å². The molecule has 21 heavy (non-hydrogen) atoms. The van der Waals surface area contributed by atoms with Crippen molar-refractivity contribution >= 4 is 11.8 Å². The molecular weight excluding hydrogens is 291 g/mol. The van der Waals surface area contributed by atoms with E-state index in [1.165, 1.54) is 18.2 Å². The number of hydrogen-bond donors (Lipinski definition) is 3. The first-order valence-electron chi connectivity index (χ1n) is 5.89. The topological polar surface area (TPSA) is 93.5 Å². The Labute approximate surface area is 118 Å². The smallest absolute Gasteiger partial charge is 0.405 e. The summed E-state index contributed by atoms with van der Waals surface area (Å²) in [6.45, 7) is -0.725. The summed E-state index contributed by atoms with van der Waals surface area (Å²) in [6.07, 6.45) is -4.81. The number of rotatable bonds is 6. The van der Waals surface area contributed by atoms with Gasteiger partial charge in [0.1, 0.15) is 5.75 Å². The lowest BCUT2D eigenvalue weighted by molar-refractivity contribution is -0.274. The van der Waals surface area contributed by atoms with Gasteiger partial charge in [-0.05, 0) is 6.07 Å². The van der Waals surface area contributed by atoms with Crippen molar-refractivity contribution in [2.75, 3.05) is 13.1 Å². The Morgan fingerprint density at radius 1 is 1.14 bits per heavy atom. The van der Waals surface area contributed by atoms with Crippen molar-refractivity contribution in [2.45, 2.75) is 12.9 Å². The summed E-state index contributed by atoms with van der Waals surface area (Å²) in [5, 5.41) is 4.60. The van der Waals surface area contributed by atoms with Gasteiger partial charge in [0, 0.05) is 12.1 Å². The summed E-state index contributed by atoms with van der Waals surface area (Å²) in [7, 11) is 0. The molecule has 1 rings (SSSR count). The molecule has 0 saturated carbocycles. The molecule has 0 aliphatic rings. The molecule has 0 atom stereocenters. The first kappa shape index (κ1) is 16.8. The van der Waals surface area contributed by atoms with Crippen LogP contribution in [0.1, 0.15) is 5.56 Å². The SMILES string of the molecule is NCC(=O)NCC(=O)NCc1ccccc1OC(F)(F)F. The molecule has 9 heteroatoms. The molecule has 0 saturated heterocycles. The van der Waals surface area contributed by atoms with Crippen molar-refractivity contribution in [3.05, 3.63) is 29.8 Å². The number of nitrogens with two attached hydrogens (primary N) is 1. The van der Waals surface area contributed by atoms with Crippen molar-refractivity contribution in [3.63, 3.8) is 0 Å². The van der Waals surface area contributed by atoms with Crippen LogP contribution in [0.4, 0.5) is 13.2 Å². The standard InChI is InChI=1S/C12H14F3N3O3/c13-12(14,15)21-9-4-2-1-3-8(9)6-17-11(20)7-18-10(19)5-16/h1-4H,5-7,16H2,(H,17,20)(H,18,19). The Morgan fingerprint density at radius 2 is 1.81 bits per heavy atom. The minimum absolute atomic E-state index is 0.160. The fourth-order valence-electron chi connectivity index (χ4n) is 1.38. The Balaban J connectivity index is 2.55. The normalized spacial score (nSPS) is 10.9. The second kappa shape index (κ2) is 7.48. The van der Waals surface area contributed by atoms with Crippen LogP contribution in [0, 0.1) is 0 Å². The molecule has 6 nitrogen and oxygen atoms in total. The fourth-order valence-corrected chi connectivity index (χ4v) is 1.38. The number of amides is 2. The van der Waals surface area contributed by atoms with Gasteiger partial charge in [-0.2, -0.15) is 0 Å². The largest absolute Gasteiger partial charge is 0.573 e. The number of benzene rings is 1. The van der Waals surface area contributed by atoms with Gasteiger partial charge in [-0.1, -0.05) is 18.2 Å². The molecule has 0 aliphatic carbocycles. The van der Waals surface area contributed by atoms with E-state index in [1.54, 1.807) is 0 Å². The summed E-state index contributed by atoms with van der Waals surface area (Å²) in [5.41, 5.74) is 5.20. The Kier molecular flexibility index (Phi) is 5.97. The highest BCUT2D eigenvalue weighted by atomic mass is 19.4. The van der Waals surface area contributed by atoms with Gasteiger partial charge in [0.25, 0.3) is 0 Å². The third-order valence-corrected chi connectivity index (χ3v) is 2.31. The number of para-hydroxylation sites is 1. The van der Waals surface area contributed by atoms with E-state index in [0.717, 1.165) is 6.07 Å². The number of nitrogens with one attached hydrogen (secondary N) is 2. The van der Waals surface area contributed by atoms with Crippen molar-refractivity contribution < 1.29 is 27.5 Å². The highest BCUT2D eigenvalue weighted by Gasteiger charge is 2.31. The molecule has 0 spiro atoms. The number of alkyl halides is 3. The number of carbonyl (C=O) groups is 2. The van der Waals surface area contributed by atoms with E-state index in [1.807, 2.05) is 0 Å². The molecule has 0 bridgehead atoms. The van der Waals surface area contributed by atoms with Crippen LogP contribution >= 0.6 is 0 Å². The molecule has 0 fully saturated rings. The maximum Gasteiger partial charge on any atom is 0.573 e. The van der Waals surface area contributed by atoms with Gasteiger partial charge in [-0.25, -0.2) is 0 Å². The molecule has 4 N–H and O–H groups in total. The van der Waals surface area contributed by atoms with Crippen molar-refractivity contribution in [1.82, 2.24) is 10.6 Å². The van der Waals surface area contributed by atoms with E-state index < -0.39 is 23.9 Å². The molecule has 1 aromatic carbocycles. The monoisotopic (exact) mass is 305 g/mol. The van der Waals surface area contributed by atoms with Crippen LogP contribution in [-0.2, 0) is 16.1 Å². The number of ether oxygens (including phenoxy) is 1. The van der Waals surface area contributed by atoms with Crippen LogP contribution in [0.5, 0.6) is 5.75 Å². The fraction of sp³-hybridized carbons (Fsp3) is 0.333. The lowest BCUT2D eigenvalue weighted by atomic mass is 10.2. The predicted octanol–water partition coefficient (Wildman–Crippen LogP) is 0.276. The third kappa shape index (κ3) is 6.61. The Bertz CT molecular complexity index is 506. The van der Waals surface area contributed by atoms with Gasteiger partial charge in [0.05, 0.1) is 13.1 Å². The molecular formula is C12H14F3N3O3. The second-order valence-electron chi connectivity index (χ2n) is 3.91. The minimum Gasteiger partial charge on any atom is -0.405 e. The number of carbonyl (C=O) groups excluding carboxylic acids is 2. The first-order valence-corrected chi connectivity index (χ1v) is 5.89. The molecule has 0 heterocycles. The first-order chi connectivity index (χ1) is 9.81. The molecule has 0 unspecified atom stereocenters. The lowest BCUT2D eigenvalue weighted by Crippen LogP contribution is -2.39. The number of hydrogen-bond acceptors (Lipinski definition) is 4. The summed E-state index contributed by atoms with van der Waals surface area (Å²) in [5.74, 6) is -1.46. The maximum absolute atomic E-state index is 12.2. The Hall–Kier alpha value is -2.29. The molecule has 0 radical (unpaired) electrons. The summed E-state index contributed by atoms with van der Waals surface area (Å²) >= 11 is 0. The van der Waals surface area contributed by atoms with Crippen LogP contribution in [0.25, 0.3) is 0 Å². The highest BCUT2D eigenvalue weighted by Crippen LogP contribution is 2.25. The molecule has 0 aromatic heterocycles. The molecule has 0 aliphatic heterocycles. The van der Waals surface area contributed by atoms with Gasteiger partial charge in [-0.15, -0.1) is 13.2 Å². The zero-order valence-electron chi connectivity index (χ0n) is 10.9. The third-order valence-electron chi connectivity index (χ3n) is 2.31. The average Bonchev–Trinajstić information content (AvgIpc) is 2.42.